The van der Waals surface area contributed by atoms with Crippen molar-refractivity contribution in [3.63, 3.8) is 0 Å². The maximum Gasteiger partial charge on any atom is 0.101 e. The first kappa shape index (κ1) is 9.25. The molecule has 0 N–H and O–H groups in total. The van der Waals surface area contributed by atoms with Crippen molar-refractivity contribution in [2.45, 2.75) is 0 Å². The molecule has 0 fully saturated rings. The summed E-state index contributed by atoms with van der Waals surface area (Å²) in [4.78, 5) is 0. The van der Waals surface area contributed by atoms with Crippen LogP contribution < -0.4 is 0 Å². The first-order chi connectivity index (χ1) is 6.24. The Bertz CT molecular complexity index is 512. The maximum absolute atomic E-state index is 8.85. The molecule has 0 spiro atoms. The highest BCUT2D eigenvalue weighted by atomic mass is 127. The number of hydrogen-bond donors (Lipinski definition) is 0. The second kappa shape index (κ2) is 3.45. The lowest BCUT2D eigenvalue weighted by molar-refractivity contribution is 1.51. The summed E-state index contributed by atoms with van der Waals surface area (Å²) < 4.78 is 2.08. The van der Waals surface area contributed by atoms with E-state index >= 15 is 0 Å². The van der Waals surface area contributed by atoms with Crippen molar-refractivity contribution in [2.24, 2.45) is 0 Å². The summed E-state index contributed by atoms with van der Waals surface area (Å²) in [6.45, 7) is 0. The normalized spacial score (nSPS) is 10.2. The minimum absolute atomic E-state index is 0.701. The molecule has 0 radical (unpaired) electrons. The molecule has 0 bridgehead atoms. The smallest absolute Gasteiger partial charge is 0.101 e. The predicted octanol–water partition coefficient (Wildman–Crippen LogP) is 4.03. The number of hydrogen-bond acceptors (Lipinski definition) is 2. The number of fused-ring (bicyclic) bond motifs is 1. The van der Waals surface area contributed by atoms with Crippen molar-refractivity contribution < 1.29 is 0 Å². The van der Waals surface area contributed by atoms with Crippen molar-refractivity contribution in [1.29, 1.82) is 5.26 Å². The second-order valence-electron chi connectivity index (χ2n) is 2.49. The third-order valence-corrected chi connectivity index (χ3v) is 4.09. The van der Waals surface area contributed by atoms with E-state index in [0.717, 1.165) is 18.7 Å². The first-order valence-electron chi connectivity index (χ1n) is 3.49. The number of benzene rings is 1. The average molecular weight is 320 g/mol. The molecule has 13 heavy (non-hydrogen) atoms. The van der Waals surface area contributed by atoms with Crippen LogP contribution in [0, 0.1) is 14.9 Å². The van der Waals surface area contributed by atoms with Gasteiger partial charge in [-0.15, -0.1) is 11.3 Å². The molecule has 0 unspecified atom stereocenters. The Labute approximate surface area is 98.1 Å². The number of nitriles is 1. The van der Waals surface area contributed by atoms with Crippen LogP contribution in [0.25, 0.3) is 10.1 Å². The third-order valence-electron chi connectivity index (χ3n) is 1.75. The summed E-state index contributed by atoms with van der Waals surface area (Å²) in [5.74, 6) is 0. The quantitative estimate of drug-likeness (QED) is 0.673. The number of rotatable bonds is 0. The van der Waals surface area contributed by atoms with Crippen LogP contribution in [-0.2, 0) is 0 Å². The standard InChI is InChI=1S/C9H3ClINS/c10-6-4-13-9-5(3-12)1-2-7(11)8(6)9/h1-2,4H. The van der Waals surface area contributed by atoms with Crippen molar-refractivity contribution in [2.75, 3.05) is 0 Å². The highest BCUT2D eigenvalue weighted by molar-refractivity contribution is 14.1. The van der Waals surface area contributed by atoms with Gasteiger partial charge in [0.15, 0.2) is 0 Å². The van der Waals surface area contributed by atoms with Crippen LogP contribution in [0.5, 0.6) is 0 Å². The minimum atomic E-state index is 0.701. The maximum atomic E-state index is 8.85. The Kier molecular flexibility index (Phi) is 2.45. The summed E-state index contributed by atoms with van der Waals surface area (Å²) in [5.41, 5.74) is 0.701. The van der Waals surface area contributed by atoms with Gasteiger partial charge in [-0.1, -0.05) is 11.6 Å². The molecule has 64 valence electrons. The van der Waals surface area contributed by atoms with E-state index < -0.39 is 0 Å². The molecule has 0 atom stereocenters. The average Bonchev–Trinajstić information content (AvgIpc) is 2.50. The monoisotopic (exact) mass is 319 g/mol. The van der Waals surface area contributed by atoms with Gasteiger partial charge in [-0.25, -0.2) is 0 Å². The Morgan fingerprint density at radius 3 is 2.92 bits per heavy atom. The van der Waals surface area contributed by atoms with Gasteiger partial charge in [0.05, 0.1) is 15.3 Å². The Morgan fingerprint density at radius 1 is 1.46 bits per heavy atom. The van der Waals surface area contributed by atoms with Gasteiger partial charge in [-0.2, -0.15) is 5.26 Å². The van der Waals surface area contributed by atoms with Crippen LogP contribution in [0.3, 0.4) is 0 Å². The van der Waals surface area contributed by atoms with Crippen LogP contribution in [-0.4, -0.2) is 0 Å². The van der Waals surface area contributed by atoms with Gasteiger partial charge in [-0.3, -0.25) is 0 Å². The van der Waals surface area contributed by atoms with Gasteiger partial charge in [0.1, 0.15) is 6.07 Å². The Morgan fingerprint density at radius 2 is 2.23 bits per heavy atom. The van der Waals surface area contributed by atoms with E-state index in [1.54, 1.807) is 0 Å². The molecule has 1 aromatic carbocycles. The molecule has 0 saturated carbocycles. The van der Waals surface area contributed by atoms with E-state index in [1.807, 2.05) is 17.5 Å². The lowest BCUT2D eigenvalue weighted by Gasteiger charge is -1.96. The van der Waals surface area contributed by atoms with E-state index in [0.29, 0.717) is 5.56 Å². The highest BCUT2D eigenvalue weighted by Crippen LogP contribution is 2.35. The second-order valence-corrected chi connectivity index (χ2v) is 4.94. The van der Waals surface area contributed by atoms with E-state index in [-0.39, 0.29) is 0 Å². The fraction of sp³-hybridized carbons (Fsp3) is 0. The topological polar surface area (TPSA) is 23.8 Å². The fourth-order valence-electron chi connectivity index (χ4n) is 1.16. The minimum Gasteiger partial charge on any atom is -0.192 e. The van der Waals surface area contributed by atoms with Crippen LogP contribution in [0.15, 0.2) is 17.5 Å². The van der Waals surface area contributed by atoms with Gasteiger partial charge < -0.3 is 0 Å². The molecule has 1 heterocycles. The lowest BCUT2D eigenvalue weighted by Crippen LogP contribution is -1.77. The lowest BCUT2D eigenvalue weighted by atomic mass is 10.2. The molecule has 4 heteroatoms. The summed E-state index contributed by atoms with van der Waals surface area (Å²) in [6, 6.07) is 5.91. The first-order valence-corrected chi connectivity index (χ1v) is 5.83. The number of nitrogens with zero attached hydrogens (tertiary/aromatic N) is 1. The molecule has 2 aromatic rings. The number of halogens is 2. The van der Waals surface area contributed by atoms with Gasteiger partial charge in [0.2, 0.25) is 0 Å². The Balaban J connectivity index is 2.97. The predicted molar refractivity (Wildman–Crippen MR) is 64.3 cm³/mol. The molecule has 0 aliphatic rings. The molecule has 2 rings (SSSR count). The van der Waals surface area contributed by atoms with E-state index in [1.165, 1.54) is 11.3 Å². The highest BCUT2D eigenvalue weighted by Gasteiger charge is 2.09. The molecular formula is C9H3ClINS. The summed E-state index contributed by atoms with van der Waals surface area (Å²) in [7, 11) is 0. The van der Waals surface area contributed by atoms with Crippen LogP contribution in [0.4, 0.5) is 0 Å². The summed E-state index contributed by atoms with van der Waals surface area (Å²) >= 11 is 9.75. The number of thiophene rings is 1. The van der Waals surface area contributed by atoms with Crippen molar-refractivity contribution in [1.82, 2.24) is 0 Å². The van der Waals surface area contributed by atoms with Gasteiger partial charge in [0.25, 0.3) is 0 Å². The van der Waals surface area contributed by atoms with Crippen molar-refractivity contribution >= 4 is 55.6 Å². The zero-order chi connectivity index (χ0) is 9.42. The molecule has 1 nitrogen and oxygen atoms in total. The molecule has 0 aliphatic carbocycles. The zero-order valence-corrected chi connectivity index (χ0v) is 10.1. The van der Waals surface area contributed by atoms with Gasteiger partial charge in [-0.05, 0) is 34.7 Å². The van der Waals surface area contributed by atoms with Gasteiger partial charge >= 0.3 is 0 Å². The summed E-state index contributed by atoms with van der Waals surface area (Å²) in [6.07, 6.45) is 0. The van der Waals surface area contributed by atoms with E-state index in [4.69, 9.17) is 16.9 Å². The summed E-state index contributed by atoms with van der Waals surface area (Å²) in [5, 5.41) is 12.5. The molecule has 0 aliphatic heterocycles. The molecule has 1 aromatic heterocycles. The van der Waals surface area contributed by atoms with Crippen LogP contribution in [0.1, 0.15) is 5.56 Å². The third kappa shape index (κ3) is 1.43. The van der Waals surface area contributed by atoms with Gasteiger partial charge in [0, 0.05) is 14.3 Å². The molecule has 0 amide bonds. The largest absolute Gasteiger partial charge is 0.192 e. The van der Waals surface area contributed by atoms with E-state index in [2.05, 4.69) is 28.7 Å². The Hall–Kier alpha value is -0.310. The van der Waals surface area contributed by atoms with Crippen LogP contribution in [0.2, 0.25) is 5.02 Å². The zero-order valence-electron chi connectivity index (χ0n) is 6.34. The van der Waals surface area contributed by atoms with Crippen molar-refractivity contribution in [3.05, 3.63) is 31.7 Å². The van der Waals surface area contributed by atoms with E-state index in [9.17, 15) is 0 Å². The SMILES string of the molecule is N#Cc1ccc(I)c2c(Cl)csc12. The van der Waals surface area contributed by atoms with Crippen molar-refractivity contribution in [3.8, 4) is 6.07 Å². The fourth-order valence-corrected chi connectivity index (χ4v) is 3.55. The molecule has 0 saturated heterocycles. The van der Waals surface area contributed by atoms with Crippen LogP contribution >= 0.6 is 45.5 Å². The molecular weight excluding hydrogens is 317 g/mol.